The normalized spacial score (nSPS) is 45.0. The van der Waals surface area contributed by atoms with Gasteiger partial charge in [-0.25, -0.2) is 8.78 Å². The molecule has 8 heteroatoms. The predicted octanol–water partition coefficient (Wildman–Crippen LogP) is 5.46. The summed E-state index contributed by atoms with van der Waals surface area (Å²) in [4.78, 5) is 26.4. The standard InChI is InChI=1S/C33H40F2O6/c1-18-8-7-9-19(12-18)28-40-27-15-21-22-14-24(34)23-13-20(36)10-11-30(23,5)32(22,35)25(37)16-31(21,6)33(27,41-28)26(38)17-39-29(2,3)4/h7-13,21-22,24-25,27-28,37H,14-17H2,1-6H3/t21-,22-,24-,25-,27+,28+,30-,31-,32-,33+/m0/s1. The Balaban J connectivity index is 1.44. The molecule has 222 valence electrons. The first kappa shape index (κ1) is 28.8. The van der Waals surface area contributed by atoms with Gasteiger partial charge in [-0.2, -0.15) is 0 Å². The Bertz CT molecular complexity index is 1350. The second-order valence-corrected chi connectivity index (χ2v) is 14.1. The molecule has 0 amide bonds. The Morgan fingerprint density at radius 2 is 1.93 bits per heavy atom. The topological polar surface area (TPSA) is 82.1 Å². The molecule has 6 nitrogen and oxygen atoms in total. The maximum Gasteiger partial charge on any atom is 0.193 e. The molecule has 1 saturated heterocycles. The van der Waals surface area contributed by atoms with Gasteiger partial charge in [-0.1, -0.05) is 42.8 Å². The van der Waals surface area contributed by atoms with Crippen LogP contribution in [-0.4, -0.2) is 58.5 Å². The molecule has 41 heavy (non-hydrogen) atoms. The number of hydrogen-bond donors (Lipinski definition) is 1. The third-order valence-electron chi connectivity index (χ3n) is 10.7. The van der Waals surface area contributed by atoms with E-state index in [0.29, 0.717) is 0 Å². The zero-order chi connectivity index (χ0) is 29.8. The lowest BCUT2D eigenvalue weighted by Crippen LogP contribution is -2.70. The number of allylic oxidation sites excluding steroid dienone is 4. The molecule has 1 aromatic carbocycles. The van der Waals surface area contributed by atoms with Crippen LogP contribution in [-0.2, 0) is 23.8 Å². The zero-order valence-corrected chi connectivity index (χ0v) is 24.6. The van der Waals surface area contributed by atoms with Gasteiger partial charge in [0.05, 0.1) is 17.8 Å². The van der Waals surface area contributed by atoms with Gasteiger partial charge in [-0.15, -0.1) is 0 Å². The molecule has 4 fully saturated rings. The van der Waals surface area contributed by atoms with E-state index in [2.05, 4.69) is 0 Å². The van der Waals surface area contributed by atoms with Crippen molar-refractivity contribution in [2.24, 2.45) is 22.7 Å². The summed E-state index contributed by atoms with van der Waals surface area (Å²) in [5, 5.41) is 11.7. The van der Waals surface area contributed by atoms with Crippen LogP contribution in [0.15, 0.2) is 48.1 Å². The summed E-state index contributed by atoms with van der Waals surface area (Å²) in [7, 11) is 0. The molecule has 3 saturated carbocycles. The van der Waals surface area contributed by atoms with Gasteiger partial charge in [0, 0.05) is 22.3 Å². The summed E-state index contributed by atoms with van der Waals surface area (Å²) < 4.78 is 52.6. The van der Waals surface area contributed by atoms with Gasteiger partial charge in [-0.05, 0) is 77.5 Å². The fraction of sp³-hybridized carbons (Fsp3) is 0.636. The van der Waals surface area contributed by atoms with Gasteiger partial charge in [0.2, 0.25) is 0 Å². The van der Waals surface area contributed by atoms with Crippen molar-refractivity contribution in [3.8, 4) is 0 Å². The number of rotatable bonds is 4. The highest BCUT2D eigenvalue weighted by molar-refractivity contribution is 6.01. The summed E-state index contributed by atoms with van der Waals surface area (Å²) >= 11 is 0. The lowest BCUT2D eigenvalue weighted by atomic mass is 9.44. The molecule has 0 spiro atoms. The highest BCUT2D eigenvalue weighted by Gasteiger charge is 2.80. The molecule has 10 atom stereocenters. The molecule has 5 aliphatic rings. The SMILES string of the molecule is Cc1cccc([C@@H]2O[C@@H]3C[C@H]4[C@@H]5C[C@H](F)C6=CC(=O)C=C[C@]6(C)[C@@]5(F)[C@@H](O)C[C@]4(C)[C@]3(C(=O)COC(C)(C)C)O2)c1. The van der Waals surface area contributed by atoms with E-state index in [1.807, 2.05) is 58.9 Å². The first-order valence-electron chi connectivity index (χ1n) is 14.6. The Kier molecular flexibility index (Phi) is 6.41. The second kappa shape index (κ2) is 9.12. The third-order valence-corrected chi connectivity index (χ3v) is 10.7. The van der Waals surface area contributed by atoms with Gasteiger partial charge < -0.3 is 19.3 Å². The Hall–Kier alpha value is -2.26. The van der Waals surface area contributed by atoms with E-state index >= 15 is 8.78 Å². The molecule has 0 unspecified atom stereocenters. The Morgan fingerprint density at radius 1 is 1.20 bits per heavy atom. The molecule has 0 bridgehead atoms. The van der Waals surface area contributed by atoms with Crippen LogP contribution in [0.4, 0.5) is 8.78 Å². The average Bonchev–Trinajstić information content (AvgIpc) is 3.39. The van der Waals surface area contributed by atoms with Gasteiger partial charge in [-0.3, -0.25) is 9.59 Å². The molecule has 6 rings (SSSR count). The van der Waals surface area contributed by atoms with Crippen molar-refractivity contribution < 1.29 is 37.7 Å². The first-order valence-corrected chi connectivity index (χ1v) is 14.6. The number of benzene rings is 1. The fourth-order valence-electron chi connectivity index (χ4n) is 8.80. The number of hydrogen-bond acceptors (Lipinski definition) is 6. The van der Waals surface area contributed by atoms with Crippen LogP contribution >= 0.6 is 0 Å². The predicted molar refractivity (Wildman–Crippen MR) is 147 cm³/mol. The average molecular weight is 571 g/mol. The van der Waals surface area contributed by atoms with Crippen LogP contribution < -0.4 is 0 Å². The van der Waals surface area contributed by atoms with Crippen LogP contribution in [0.3, 0.4) is 0 Å². The van der Waals surface area contributed by atoms with Gasteiger partial charge >= 0.3 is 0 Å². The second-order valence-electron chi connectivity index (χ2n) is 14.1. The number of aliphatic hydroxyl groups excluding tert-OH is 1. The Morgan fingerprint density at radius 3 is 2.61 bits per heavy atom. The van der Waals surface area contributed by atoms with E-state index in [9.17, 15) is 14.7 Å². The molecule has 1 aliphatic heterocycles. The minimum absolute atomic E-state index is 0.0703. The quantitative estimate of drug-likeness (QED) is 0.518. The van der Waals surface area contributed by atoms with Gasteiger partial charge in [0.25, 0.3) is 0 Å². The summed E-state index contributed by atoms with van der Waals surface area (Å²) in [6.07, 6.45) is -0.822. The number of halogens is 2. The lowest BCUT2D eigenvalue weighted by Gasteiger charge is -2.63. The van der Waals surface area contributed by atoms with E-state index in [4.69, 9.17) is 14.2 Å². The van der Waals surface area contributed by atoms with Crippen molar-refractivity contribution in [2.75, 3.05) is 6.61 Å². The molecular weight excluding hydrogens is 530 g/mol. The highest BCUT2D eigenvalue weighted by Crippen LogP contribution is 2.72. The Labute approximate surface area is 240 Å². The molecule has 1 aromatic rings. The highest BCUT2D eigenvalue weighted by atomic mass is 19.1. The number of Topliss-reactive ketones (excluding diaryl/α,β-unsaturated/α-hetero) is 1. The van der Waals surface area contributed by atoms with E-state index in [1.54, 1.807) is 6.92 Å². The molecule has 4 aliphatic carbocycles. The summed E-state index contributed by atoms with van der Waals surface area (Å²) in [6.45, 7) is 10.7. The lowest BCUT2D eigenvalue weighted by molar-refractivity contribution is -0.236. The number of fused-ring (bicyclic) bond motifs is 7. The van der Waals surface area contributed by atoms with Crippen molar-refractivity contribution in [1.82, 2.24) is 0 Å². The minimum Gasteiger partial charge on any atom is -0.390 e. The van der Waals surface area contributed by atoms with Crippen LogP contribution in [0.1, 0.15) is 71.3 Å². The summed E-state index contributed by atoms with van der Waals surface area (Å²) in [5.74, 6) is -2.17. The number of ether oxygens (including phenoxy) is 3. The largest absolute Gasteiger partial charge is 0.390 e. The molecule has 1 heterocycles. The number of alkyl halides is 2. The molecule has 0 aromatic heterocycles. The number of aryl methyl sites for hydroxylation is 1. The summed E-state index contributed by atoms with van der Waals surface area (Å²) in [6, 6.07) is 7.68. The zero-order valence-electron chi connectivity index (χ0n) is 24.6. The molecular formula is C33H40F2O6. The maximum atomic E-state index is 17.6. The maximum absolute atomic E-state index is 17.6. The number of carbonyl (C=O) groups excluding carboxylic acids is 2. The molecule has 1 N–H and O–H groups in total. The first-order chi connectivity index (χ1) is 19.1. The van der Waals surface area contributed by atoms with Crippen LogP contribution in [0.25, 0.3) is 0 Å². The van der Waals surface area contributed by atoms with Crippen molar-refractivity contribution in [1.29, 1.82) is 0 Å². The molecule has 0 radical (unpaired) electrons. The van der Waals surface area contributed by atoms with Crippen LogP contribution in [0.2, 0.25) is 0 Å². The van der Waals surface area contributed by atoms with Gasteiger partial charge in [0.15, 0.2) is 29.1 Å². The van der Waals surface area contributed by atoms with Gasteiger partial charge in [0.1, 0.15) is 12.8 Å². The van der Waals surface area contributed by atoms with Crippen molar-refractivity contribution in [2.45, 2.75) is 102 Å². The number of carbonyl (C=O) groups is 2. The minimum atomic E-state index is -2.25. The third kappa shape index (κ3) is 3.86. The van der Waals surface area contributed by atoms with E-state index in [-0.39, 0.29) is 43.0 Å². The van der Waals surface area contributed by atoms with Crippen molar-refractivity contribution in [3.63, 3.8) is 0 Å². The van der Waals surface area contributed by atoms with Crippen LogP contribution in [0.5, 0.6) is 0 Å². The van der Waals surface area contributed by atoms with Crippen molar-refractivity contribution in [3.05, 3.63) is 59.2 Å². The summed E-state index contributed by atoms with van der Waals surface area (Å²) in [5.41, 5.74) is -5.09. The van der Waals surface area contributed by atoms with E-state index in [0.717, 1.165) is 11.1 Å². The smallest absolute Gasteiger partial charge is 0.193 e. The number of aliphatic hydroxyl groups is 1. The fourth-order valence-corrected chi connectivity index (χ4v) is 8.80. The number of ketones is 2. The monoisotopic (exact) mass is 570 g/mol. The van der Waals surface area contributed by atoms with E-state index < -0.39 is 64.2 Å². The van der Waals surface area contributed by atoms with Crippen LogP contribution in [0, 0.1) is 29.6 Å². The van der Waals surface area contributed by atoms with Crippen molar-refractivity contribution >= 4 is 11.6 Å². The van der Waals surface area contributed by atoms with E-state index in [1.165, 1.54) is 18.2 Å².